The molecule has 4 aromatic rings. The molecule has 38 heavy (non-hydrogen) atoms. The summed E-state index contributed by atoms with van der Waals surface area (Å²) in [6.45, 7) is 4.87. The monoisotopic (exact) mass is 557 g/mol. The van der Waals surface area contributed by atoms with Gasteiger partial charge >= 0.3 is 0 Å². The third kappa shape index (κ3) is 5.07. The lowest BCUT2D eigenvalue weighted by Crippen LogP contribution is -2.47. The minimum atomic E-state index is -0.351. The number of nitrogen functional groups attached to an aromatic ring is 1. The van der Waals surface area contributed by atoms with Gasteiger partial charge in [-0.1, -0.05) is 28.4 Å². The van der Waals surface area contributed by atoms with Gasteiger partial charge in [-0.05, 0) is 38.1 Å². The van der Waals surface area contributed by atoms with Crippen molar-refractivity contribution < 1.29 is 23.5 Å². The smallest absolute Gasteiger partial charge is 0.259 e. The molecule has 1 aliphatic rings. The molecule has 0 radical (unpaired) electrons. The van der Waals surface area contributed by atoms with Gasteiger partial charge in [0.05, 0.1) is 41.5 Å². The third-order valence-corrected chi connectivity index (χ3v) is 7.03. The first-order chi connectivity index (χ1) is 18.2. The highest BCUT2D eigenvalue weighted by Gasteiger charge is 2.29. The lowest BCUT2D eigenvalue weighted by atomic mass is 10.1. The Labute approximate surface area is 228 Å². The number of ether oxygens (including phenoxy) is 3. The van der Waals surface area contributed by atoms with Gasteiger partial charge in [-0.15, -0.1) is 0 Å². The number of halogens is 2. The lowest BCUT2D eigenvalue weighted by molar-refractivity contribution is -0.0404. The predicted octanol–water partition coefficient (Wildman–Crippen LogP) is 4.72. The number of carbonyl (C=O) groups excluding carboxylic acids is 1. The normalized spacial score (nSPS) is 15.6. The van der Waals surface area contributed by atoms with Gasteiger partial charge in [-0.3, -0.25) is 4.79 Å². The number of nitrogens with two attached hydrogens (primary N) is 1. The van der Waals surface area contributed by atoms with E-state index in [9.17, 15) is 4.79 Å². The summed E-state index contributed by atoms with van der Waals surface area (Å²) in [6, 6.07) is 8.60. The Morgan fingerprint density at radius 3 is 2.68 bits per heavy atom. The number of benzene rings is 2. The molecule has 10 nitrogen and oxygen atoms in total. The Kier molecular flexibility index (Phi) is 7.29. The number of hydrogen-bond donors (Lipinski definition) is 1. The van der Waals surface area contributed by atoms with Crippen molar-refractivity contribution in [2.75, 3.05) is 39.1 Å². The van der Waals surface area contributed by atoms with Crippen LogP contribution in [0.25, 0.3) is 22.3 Å². The van der Waals surface area contributed by atoms with Crippen LogP contribution in [0.3, 0.4) is 0 Å². The van der Waals surface area contributed by atoms with Gasteiger partial charge in [0, 0.05) is 23.6 Å². The van der Waals surface area contributed by atoms with Crippen LogP contribution in [-0.2, 0) is 4.74 Å². The molecule has 0 saturated carbocycles. The number of morpholine rings is 1. The summed E-state index contributed by atoms with van der Waals surface area (Å²) in [5.41, 5.74) is 8.54. The molecule has 198 valence electrons. The molecule has 1 atom stereocenters. The van der Waals surface area contributed by atoms with Gasteiger partial charge in [-0.2, -0.15) is 0 Å². The van der Waals surface area contributed by atoms with Crippen molar-refractivity contribution in [3.05, 3.63) is 57.4 Å². The molecule has 12 heteroatoms. The van der Waals surface area contributed by atoms with E-state index in [1.54, 1.807) is 49.1 Å². The lowest BCUT2D eigenvalue weighted by Gasteiger charge is -2.32. The van der Waals surface area contributed by atoms with Gasteiger partial charge in [-0.25, -0.2) is 9.97 Å². The van der Waals surface area contributed by atoms with Crippen LogP contribution in [0, 0.1) is 13.8 Å². The van der Waals surface area contributed by atoms with Crippen LogP contribution < -0.4 is 15.2 Å². The maximum Gasteiger partial charge on any atom is 0.259 e. The number of methoxy groups -OCH3 is 1. The van der Waals surface area contributed by atoms with Crippen molar-refractivity contribution in [2.24, 2.45) is 0 Å². The van der Waals surface area contributed by atoms with Gasteiger partial charge in [0.2, 0.25) is 0 Å². The van der Waals surface area contributed by atoms with E-state index in [1.165, 1.54) is 7.11 Å². The number of aryl methyl sites for hydroxylation is 2. The highest BCUT2D eigenvalue weighted by molar-refractivity contribution is 6.42. The maximum absolute atomic E-state index is 13.1. The van der Waals surface area contributed by atoms with E-state index in [0.29, 0.717) is 80.5 Å². The van der Waals surface area contributed by atoms with E-state index >= 15 is 0 Å². The fourth-order valence-corrected chi connectivity index (χ4v) is 4.63. The van der Waals surface area contributed by atoms with Crippen LogP contribution in [0.5, 0.6) is 11.5 Å². The molecule has 1 unspecified atom stereocenters. The number of fused-ring (bicyclic) bond motifs is 1. The van der Waals surface area contributed by atoms with Crippen LogP contribution in [0.2, 0.25) is 10.0 Å². The fraction of sp³-hybridized carbons (Fsp3) is 0.308. The zero-order chi connectivity index (χ0) is 27.0. The van der Waals surface area contributed by atoms with E-state index < -0.39 is 0 Å². The summed E-state index contributed by atoms with van der Waals surface area (Å²) in [7, 11) is 1.54. The molecule has 1 aliphatic heterocycles. The molecule has 5 rings (SSSR count). The van der Waals surface area contributed by atoms with E-state index in [-0.39, 0.29) is 24.4 Å². The minimum absolute atomic E-state index is 0.139. The van der Waals surface area contributed by atoms with Crippen molar-refractivity contribution in [3.8, 4) is 22.9 Å². The Morgan fingerprint density at radius 1 is 1.16 bits per heavy atom. The zero-order valence-corrected chi connectivity index (χ0v) is 22.5. The van der Waals surface area contributed by atoms with Gasteiger partial charge in [0.25, 0.3) is 5.91 Å². The first-order valence-electron chi connectivity index (χ1n) is 11.8. The van der Waals surface area contributed by atoms with Crippen LogP contribution >= 0.6 is 23.2 Å². The molecular weight excluding hydrogens is 533 g/mol. The largest absolute Gasteiger partial charge is 0.493 e. The van der Waals surface area contributed by atoms with Crippen molar-refractivity contribution in [2.45, 2.75) is 20.0 Å². The number of aromatic nitrogens is 3. The van der Waals surface area contributed by atoms with Crippen LogP contribution in [-0.4, -0.2) is 65.4 Å². The average Bonchev–Trinajstić information content (AvgIpc) is 3.25. The second-order valence-electron chi connectivity index (χ2n) is 8.84. The molecular formula is C26H25Cl2N5O5. The van der Waals surface area contributed by atoms with Crippen LogP contribution in [0.1, 0.15) is 21.8 Å². The third-order valence-electron chi connectivity index (χ3n) is 6.29. The molecule has 1 saturated heterocycles. The highest BCUT2D eigenvalue weighted by atomic mass is 35.5. The number of rotatable bonds is 6. The molecule has 0 aliphatic carbocycles. The fourth-order valence-electron chi connectivity index (χ4n) is 4.33. The van der Waals surface area contributed by atoms with E-state index in [2.05, 4.69) is 15.1 Å². The molecule has 0 spiro atoms. The van der Waals surface area contributed by atoms with E-state index in [0.717, 1.165) is 0 Å². The quantitative estimate of drug-likeness (QED) is 0.358. The van der Waals surface area contributed by atoms with Gasteiger partial charge < -0.3 is 29.4 Å². The number of anilines is 1. The number of hydrogen-bond acceptors (Lipinski definition) is 9. The molecule has 2 aromatic carbocycles. The van der Waals surface area contributed by atoms with E-state index in [1.807, 2.05) is 0 Å². The van der Waals surface area contributed by atoms with Crippen molar-refractivity contribution >= 4 is 45.8 Å². The Balaban J connectivity index is 1.37. The second kappa shape index (κ2) is 10.6. The summed E-state index contributed by atoms with van der Waals surface area (Å²) in [5, 5.41) is 5.32. The maximum atomic E-state index is 13.1. The zero-order valence-electron chi connectivity index (χ0n) is 21.0. The summed E-state index contributed by atoms with van der Waals surface area (Å²) >= 11 is 12.2. The number of carbonyl (C=O) groups is 1. The summed E-state index contributed by atoms with van der Waals surface area (Å²) in [4.78, 5) is 23.9. The summed E-state index contributed by atoms with van der Waals surface area (Å²) in [6.07, 6.45) is -0.351. The van der Waals surface area contributed by atoms with E-state index in [4.69, 9.17) is 47.7 Å². The molecule has 1 fully saturated rings. The number of nitrogens with zero attached hydrogens (tertiary/aromatic N) is 4. The second-order valence-corrected chi connectivity index (χ2v) is 9.65. The average molecular weight is 558 g/mol. The Bertz CT molecular complexity index is 1510. The van der Waals surface area contributed by atoms with Crippen LogP contribution in [0.4, 0.5) is 5.82 Å². The first-order valence-corrected chi connectivity index (χ1v) is 12.6. The predicted molar refractivity (Wildman–Crippen MR) is 143 cm³/mol. The van der Waals surface area contributed by atoms with Crippen LogP contribution in [0.15, 0.2) is 34.9 Å². The van der Waals surface area contributed by atoms with Crippen molar-refractivity contribution in [3.63, 3.8) is 0 Å². The van der Waals surface area contributed by atoms with Gasteiger partial charge in [0.1, 0.15) is 29.9 Å². The first kappa shape index (κ1) is 26.0. The molecule has 0 bridgehead atoms. The molecule has 2 aromatic heterocycles. The molecule has 2 N–H and O–H groups in total. The number of amides is 1. The minimum Gasteiger partial charge on any atom is -0.493 e. The molecule has 3 heterocycles. The summed E-state index contributed by atoms with van der Waals surface area (Å²) in [5.74, 6) is 1.96. The topological polar surface area (TPSA) is 126 Å². The molecule has 1 amide bonds. The Morgan fingerprint density at radius 2 is 1.97 bits per heavy atom. The SMILES string of the molecule is COc1cc2c(N)nc(-c3ccc(Cl)c(Cl)c3)nc2cc1OCC1CN(C(=O)c2c(C)noc2C)CCO1. The highest BCUT2D eigenvalue weighted by Crippen LogP contribution is 2.35. The van der Waals surface area contributed by atoms with Gasteiger partial charge in [0.15, 0.2) is 17.3 Å². The van der Waals surface area contributed by atoms with Crippen molar-refractivity contribution in [1.29, 1.82) is 0 Å². The summed E-state index contributed by atoms with van der Waals surface area (Å²) < 4.78 is 22.7. The standard InChI is InChI=1S/C26H25Cl2N5O5/c1-13-23(14(2)38-32-13)26(34)33-6-7-36-16(11-33)12-37-22-10-20-17(9-21(22)35-3)24(29)31-25(30-20)15-4-5-18(27)19(28)8-15/h4-5,8-10,16H,6-7,11-12H2,1-3H3,(H2,29,30,31). The van der Waals surface area contributed by atoms with Crippen molar-refractivity contribution in [1.82, 2.24) is 20.0 Å². The Hall–Kier alpha value is -3.60.